The fourth-order valence-electron chi connectivity index (χ4n) is 7.37. The number of hydrogen-bond acceptors (Lipinski definition) is 9. The maximum Gasteiger partial charge on any atom is 0.410 e. The summed E-state index contributed by atoms with van der Waals surface area (Å²) in [5.41, 5.74) is 0.0703. The van der Waals surface area contributed by atoms with Gasteiger partial charge in [-0.15, -0.1) is 0 Å². The Labute approximate surface area is 310 Å². The van der Waals surface area contributed by atoms with Crippen LogP contribution in [0, 0.1) is 41.9 Å². The first-order chi connectivity index (χ1) is 25.3. The molecule has 3 aliphatic rings. The summed E-state index contributed by atoms with van der Waals surface area (Å²) in [6, 6.07) is 4.86. The molecule has 3 unspecified atom stereocenters. The first kappa shape index (κ1) is 39.0. The highest BCUT2D eigenvalue weighted by atomic mass is 19.2. The zero-order valence-electron chi connectivity index (χ0n) is 31.5. The number of anilines is 1. The molecule has 0 spiro atoms. The topological polar surface area (TPSA) is 99.7 Å². The van der Waals surface area contributed by atoms with Crippen molar-refractivity contribution in [2.45, 2.75) is 104 Å². The molecule has 6 rings (SSSR count). The second kappa shape index (κ2) is 14.5. The van der Waals surface area contributed by atoms with Gasteiger partial charge < -0.3 is 33.5 Å². The number of pyridine rings is 1. The van der Waals surface area contributed by atoms with E-state index in [-0.39, 0.29) is 46.8 Å². The van der Waals surface area contributed by atoms with E-state index >= 15 is 0 Å². The highest BCUT2D eigenvalue weighted by Gasteiger charge is 2.48. The Balaban J connectivity index is 1.33. The third-order valence-corrected chi connectivity index (χ3v) is 10.1. The first-order valence-corrected chi connectivity index (χ1v) is 17.9. The standard InChI is InChI=1S/C39H44F5N3O7/c1-19-17-47(18-20(2)50-19)27-14-9-22(16-45-27)26-15-25(36(48)51-35-31(43)29(41)28(40)30(42)32(35)44)21(3)33-34(26)53-39(7,52-33)23-10-12-24(13-11-23)46(8)37(49)54-38(4,5)6/h9,14-16,19-20,23-24H,10-13,17-18H2,1-8H3. The Kier molecular flexibility index (Phi) is 10.5. The van der Waals surface area contributed by atoms with Crippen LogP contribution in [0.25, 0.3) is 11.1 Å². The number of carbonyl (C=O) groups is 2. The first-order valence-electron chi connectivity index (χ1n) is 17.9. The molecular weight excluding hydrogens is 717 g/mol. The van der Waals surface area contributed by atoms with Crippen molar-refractivity contribution in [2.75, 3.05) is 25.0 Å². The summed E-state index contributed by atoms with van der Waals surface area (Å²) >= 11 is 0. The van der Waals surface area contributed by atoms with Gasteiger partial charge >= 0.3 is 12.1 Å². The van der Waals surface area contributed by atoms with E-state index in [1.807, 2.05) is 13.8 Å². The van der Waals surface area contributed by atoms with Crippen LogP contribution in [-0.2, 0) is 9.47 Å². The number of nitrogens with zero attached hydrogens (tertiary/aromatic N) is 3. The van der Waals surface area contributed by atoms with Crippen molar-refractivity contribution in [3.05, 3.63) is 64.6 Å². The van der Waals surface area contributed by atoms with Gasteiger partial charge in [-0.2, -0.15) is 8.78 Å². The SMILES string of the molecule is Cc1c(C(=O)Oc2c(F)c(F)c(F)c(F)c2F)cc(-c2ccc(N3CC(C)OC(C)C3)nc2)c2c1OC(C)(C1CCC(N(C)C(=O)OC(C)(C)C)CC1)O2. The number of carbonyl (C=O) groups excluding carboxylic acids is 2. The minimum atomic E-state index is -2.38. The quantitative estimate of drug-likeness (QED) is 0.0805. The number of fused-ring (bicyclic) bond motifs is 1. The molecule has 0 N–H and O–H groups in total. The van der Waals surface area contributed by atoms with Gasteiger partial charge in [0.1, 0.15) is 11.4 Å². The summed E-state index contributed by atoms with van der Waals surface area (Å²) in [6.45, 7) is 13.9. The third kappa shape index (κ3) is 7.51. The van der Waals surface area contributed by atoms with Crippen molar-refractivity contribution in [2.24, 2.45) is 5.92 Å². The molecule has 1 aliphatic carbocycles. The third-order valence-electron chi connectivity index (χ3n) is 10.1. The fraction of sp³-hybridized carbons (Fsp3) is 0.513. The van der Waals surface area contributed by atoms with Gasteiger partial charge in [-0.3, -0.25) is 0 Å². The van der Waals surface area contributed by atoms with Crippen molar-refractivity contribution < 1.29 is 55.2 Å². The van der Waals surface area contributed by atoms with E-state index in [0.717, 1.165) is 0 Å². The van der Waals surface area contributed by atoms with Crippen LogP contribution in [0.15, 0.2) is 24.4 Å². The molecule has 1 saturated heterocycles. The van der Waals surface area contributed by atoms with Crippen LogP contribution >= 0.6 is 0 Å². The molecular formula is C39H44F5N3O7. The van der Waals surface area contributed by atoms with E-state index in [9.17, 15) is 31.5 Å². The Bertz CT molecular complexity index is 1910. The van der Waals surface area contributed by atoms with Gasteiger partial charge in [-0.05, 0) is 85.4 Å². The number of morpholine rings is 1. The summed E-state index contributed by atoms with van der Waals surface area (Å²) in [4.78, 5) is 34.7. The van der Waals surface area contributed by atoms with Crippen LogP contribution in [-0.4, -0.2) is 71.7 Å². The van der Waals surface area contributed by atoms with Gasteiger partial charge in [0, 0.05) is 61.9 Å². The molecule has 1 aromatic heterocycles. The zero-order chi connectivity index (χ0) is 39.4. The second-order valence-corrected chi connectivity index (χ2v) is 15.4. The molecule has 292 valence electrons. The average molecular weight is 762 g/mol. The van der Waals surface area contributed by atoms with E-state index in [4.69, 9.17) is 23.7 Å². The Morgan fingerprint density at radius 1 is 0.907 bits per heavy atom. The zero-order valence-corrected chi connectivity index (χ0v) is 31.5. The van der Waals surface area contributed by atoms with Crippen LogP contribution in [0.1, 0.15) is 83.1 Å². The number of benzene rings is 2. The molecule has 3 heterocycles. The molecule has 15 heteroatoms. The van der Waals surface area contributed by atoms with Crippen molar-refractivity contribution in [1.82, 2.24) is 9.88 Å². The monoisotopic (exact) mass is 761 g/mol. The lowest BCUT2D eigenvalue weighted by Crippen LogP contribution is -2.48. The lowest BCUT2D eigenvalue weighted by atomic mass is 9.81. The molecule has 1 amide bonds. The Morgan fingerprint density at radius 3 is 2.04 bits per heavy atom. The number of esters is 1. The van der Waals surface area contributed by atoms with Crippen LogP contribution < -0.4 is 19.1 Å². The maximum absolute atomic E-state index is 14.6. The van der Waals surface area contributed by atoms with Crippen molar-refractivity contribution in [3.8, 4) is 28.4 Å². The number of ether oxygens (including phenoxy) is 5. The summed E-state index contributed by atoms with van der Waals surface area (Å²) in [7, 11) is 1.71. The molecule has 3 aromatic rings. The van der Waals surface area contributed by atoms with Crippen molar-refractivity contribution in [1.29, 1.82) is 0 Å². The molecule has 2 aromatic carbocycles. The largest absolute Gasteiger partial charge is 0.448 e. The van der Waals surface area contributed by atoms with Crippen LogP contribution in [0.4, 0.5) is 32.6 Å². The average Bonchev–Trinajstić information content (AvgIpc) is 3.49. The van der Waals surface area contributed by atoms with Crippen LogP contribution in [0.5, 0.6) is 17.2 Å². The number of halogens is 5. The minimum Gasteiger partial charge on any atom is -0.448 e. The maximum atomic E-state index is 14.6. The fourth-order valence-corrected chi connectivity index (χ4v) is 7.37. The van der Waals surface area contributed by atoms with Gasteiger partial charge in [0.05, 0.1) is 17.8 Å². The smallest absolute Gasteiger partial charge is 0.410 e. The number of hydrogen-bond donors (Lipinski definition) is 0. The normalized spacial score (nSPS) is 24.0. The van der Waals surface area contributed by atoms with Crippen molar-refractivity contribution in [3.63, 3.8) is 0 Å². The van der Waals surface area contributed by atoms with Crippen LogP contribution in [0.3, 0.4) is 0 Å². The number of aromatic nitrogens is 1. The van der Waals surface area contributed by atoms with Gasteiger partial charge in [-0.25, -0.2) is 27.7 Å². The molecule has 2 fully saturated rings. The van der Waals surface area contributed by atoms with E-state index in [0.29, 0.717) is 55.7 Å². The van der Waals surface area contributed by atoms with E-state index in [2.05, 4.69) is 9.88 Å². The van der Waals surface area contributed by atoms with Gasteiger partial charge in [0.2, 0.25) is 34.8 Å². The summed E-state index contributed by atoms with van der Waals surface area (Å²) < 4.78 is 100. The molecule has 10 nitrogen and oxygen atoms in total. The van der Waals surface area contributed by atoms with E-state index in [1.165, 1.54) is 13.0 Å². The molecule has 2 aliphatic heterocycles. The predicted octanol–water partition coefficient (Wildman–Crippen LogP) is 8.50. The minimum absolute atomic E-state index is 0.0158. The number of amides is 1. The van der Waals surface area contributed by atoms with Gasteiger partial charge in [0.15, 0.2) is 11.5 Å². The summed E-state index contributed by atoms with van der Waals surface area (Å²) in [5, 5.41) is 0. The molecule has 3 atom stereocenters. The molecule has 0 bridgehead atoms. The predicted molar refractivity (Wildman–Crippen MR) is 187 cm³/mol. The van der Waals surface area contributed by atoms with Crippen molar-refractivity contribution >= 4 is 17.9 Å². The highest BCUT2D eigenvalue weighted by Crippen LogP contribution is 2.53. The Hall–Kier alpha value is -4.66. The lowest BCUT2D eigenvalue weighted by Gasteiger charge is -2.40. The lowest BCUT2D eigenvalue weighted by molar-refractivity contribution is -0.123. The number of rotatable bonds is 6. The Morgan fingerprint density at radius 2 is 1.48 bits per heavy atom. The molecule has 1 saturated carbocycles. The van der Waals surface area contributed by atoms with Gasteiger partial charge in [-0.1, -0.05) is 0 Å². The summed E-state index contributed by atoms with van der Waals surface area (Å²) in [6.07, 6.45) is 3.62. The van der Waals surface area contributed by atoms with E-state index < -0.39 is 58.3 Å². The second-order valence-electron chi connectivity index (χ2n) is 15.4. The highest BCUT2D eigenvalue weighted by molar-refractivity contribution is 5.97. The molecule has 54 heavy (non-hydrogen) atoms. The summed E-state index contributed by atoms with van der Waals surface area (Å²) in [5.74, 6) is -14.9. The van der Waals surface area contributed by atoms with Gasteiger partial charge in [0.25, 0.3) is 5.79 Å². The van der Waals surface area contributed by atoms with Crippen LogP contribution in [0.2, 0.25) is 0 Å². The molecule has 0 radical (unpaired) electrons. The van der Waals surface area contributed by atoms with E-state index in [1.54, 1.807) is 58.0 Å².